The zero-order valence-electron chi connectivity index (χ0n) is 24.2. The number of piperazine rings is 1. The number of hydrogen-bond acceptors (Lipinski definition) is 6. The summed E-state index contributed by atoms with van der Waals surface area (Å²) in [6.07, 6.45) is -0.783. The molecule has 2 heterocycles. The third-order valence-electron chi connectivity index (χ3n) is 7.83. The van der Waals surface area contributed by atoms with E-state index in [4.69, 9.17) is 4.74 Å². The molecule has 212 valence electrons. The number of carbonyl (C=O) groups excluding carboxylic acids is 2. The first-order valence-electron chi connectivity index (χ1n) is 13.8. The number of carbonyl (C=O) groups is 2. The van der Waals surface area contributed by atoms with Gasteiger partial charge in [-0.15, -0.1) is 0 Å². The van der Waals surface area contributed by atoms with Crippen LogP contribution in [0.25, 0.3) is 11.1 Å². The first-order chi connectivity index (χ1) is 19.7. The number of aryl methyl sites for hydroxylation is 2. The molecule has 9 heteroatoms. The number of amides is 2. The molecule has 1 fully saturated rings. The van der Waals surface area contributed by atoms with Crippen LogP contribution in [0.5, 0.6) is 5.75 Å². The molecule has 2 aliphatic heterocycles. The van der Waals surface area contributed by atoms with Crippen molar-refractivity contribution >= 4 is 17.5 Å². The van der Waals surface area contributed by atoms with E-state index < -0.39 is 12.1 Å². The zero-order valence-corrected chi connectivity index (χ0v) is 24.2. The van der Waals surface area contributed by atoms with Gasteiger partial charge < -0.3 is 25.2 Å². The number of methoxy groups -OCH3 is 1. The summed E-state index contributed by atoms with van der Waals surface area (Å²) in [6.45, 7) is 8.77. The number of ether oxygens (including phenoxy) is 1. The maximum atomic E-state index is 13.5. The van der Waals surface area contributed by atoms with Crippen molar-refractivity contribution in [3.8, 4) is 16.9 Å². The minimum Gasteiger partial charge on any atom is -0.496 e. The Kier molecular flexibility index (Phi) is 7.90. The van der Waals surface area contributed by atoms with Crippen LogP contribution in [0.1, 0.15) is 40.1 Å². The summed E-state index contributed by atoms with van der Waals surface area (Å²) in [5.74, 6) is 0.0901. The summed E-state index contributed by atoms with van der Waals surface area (Å²) < 4.78 is 6.36. The van der Waals surface area contributed by atoms with Crippen molar-refractivity contribution in [1.82, 2.24) is 15.1 Å². The lowest BCUT2D eigenvalue weighted by Gasteiger charge is -2.32. The molecule has 9 nitrogen and oxygen atoms in total. The summed E-state index contributed by atoms with van der Waals surface area (Å²) in [4.78, 5) is 43.9. The van der Waals surface area contributed by atoms with Gasteiger partial charge in [-0.05, 0) is 80.9 Å². The Balaban J connectivity index is 1.35. The van der Waals surface area contributed by atoms with E-state index in [0.717, 1.165) is 35.3 Å². The van der Waals surface area contributed by atoms with E-state index in [1.165, 1.54) is 0 Å². The lowest BCUT2D eigenvalue weighted by molar-refractivity contribution is -0.534. The molecule has 3 aromatic rings. The van der Waals surface area contributed by atoms with Gasteiger partial charge >= 0.3 is 17.8 Å². The van der Waals surface area contributed by atoms with Gasteiger partial charge in [-0.1, -0.05) is 24.3 Å². The molecule has 41 heavy (non-hydrogen) atoms. The van der Waals surface area contributed by atoms with E-state index >= 15 is 0 Å². The van der Waals surface area contributed by atoms with Crippen molar-refractivity contribution in [2.24, 2.45) is 0 Å². The van der Waals surface area contributed by atoms with Crippen LogP contribution in [0.2, 0.25) is 0 Å². The van der Waals surface area contributed by atoms with Gasteiger partial charge in [-0.3, -0.25) is 9.59 Å². The summed E-state index contributed by atoms with van der Waals surface area (Å²) in [7, 11) is 3.66. The molecule has 2 amide bonds. The minimum absolute atomic E-state index is 0.00441. The molecule has 5 rings (SSSR count). The van der Waals surface area contributed by atoms with E-state index in [1.807, 2.05) is 62.2 Å². The Morgan fingerprint density at radius 2 is 1.63 bits per heavy atom. The van der Waals surface area contributed by atoms with E-state index in [9.17, 15) is 14.5 Å². The van der Waals surface area contributed by atoms with Gasteiger partial charge in [-0.25, -0.2) is 0 Å². The van der Waals surface area contributed by atoms with E-state index in [1.54, 1.807) is 38.3 Å². The first kappa shape index (κ1) is 28.0. The molecular formula is C32H36N5O4+. The normalized spacial score (nSPS) is 17.4. The van der Waals surface area contributed by atoms with Crippen LogP contribution in [0, 0.1) is 18.8 Å². The minimum atomic E-state index is -0.783. The number of nitrogens with one attached hydrogen (secondary N) is 2. The fraction of sp³-hybridized carbons (Fsp3) is 0.312. The van der Waals surface area contributed by atoms with Crippen LogP contribution in [0.15, 0.2) is 72.1 Å². The highest BCUT2D eigenvalue weighted by molar-refractivity contribution is 6.03. The summed E-state index contributed by atoms with van der Waals surface area (Å²) in [5.41, 5.74) is 6.25. The predicted molar refractivity (Wildman–Crippen MR) is 159 cm³/mol. The molecule has 0 spiro atoms. The third-order valence-corrected chi connectivity index (χ3v) is 7.83. The summed E-state index contributed by atoms with van der Waals surface area (Å²) >= 11 is 0. The Morgan fingerprint density at radius 3 is 2.32 bits per heavy atom. The molecule has 0 saturated carbocycles. The second kappa shape index (κ2) is 11.5. The molecule has 3 aromatic carbocycles. The summed E-state index contributed by atoms with van der Waals surface area (Å²) in [5, 5.41) is 6.00. The van der Waals surface area contributed by atoms with Crippen LogP contribution >= 0.6 is 0 Å². The van der Waals surface area contributed by atoms with Crippen LogP contribution < -0.4 is 15.4 Å². The standard InChI is InChI=1S/C32H35N5O4/c1-20-8-6-9-21(2)28(20)26-19-23(12-13-27(26)41-5)30-33-22(3)29(37(30)40)31(38)34-25-11-7-10-24(18-25)32(39)36-16-14-35(4)15-17-36/h6-13,18-19,30H,14-17H2,1-5H3,(H-,33,34,38,40)/p+1. The van der Waals surface area contributed by atoms with Gasteiger partial charge in [0, 0.05) is 53.5 Å². The van der Waals surface area contributed by atoms with Gasteiger partial charge in [-0.2, -0.15) is 0 Å². The molecule has 1 saturated heterocycles. The first-order valence-corrected chi connectivity index (χ1v) is 13.8. The van der Waals surface area contributed by atoms with Crippen LogP contribution in [-0.2, 0) is 4.79 Å². The van der Waals surface area contributed by atoms with Crippen LogP contribution in [0.3, 0.4) is 0 Å². The Hall–Kier alpha value is -4.50. The van der Waals surface area contributed by atoms with Crippen molar-refractivity contribution < 1.29 is 19.1 Å². The average molecular weight is 555 g/mol. The number of hydrogen-bond donors (Lipinski definition) is 2. The van der Waals surface area contributed by atoms with Gasteiger partial charge in [0.25, 0.3) is 5.91 Å². The summed E-state index contributed by atoms with van der Waals surface area (Å²) in [6, 6.07) is 18.6. The zero-order chi connectivity index (χ0) is 29.3. The Morgan fingerprint density at radius 1 is 0.951 bits per heavy atom. The lowest BCUT2D eigenvalue weighted by Crippen LogP contribution is -2.47. The number of nitroso groups, excluding NO2 is 1. The lowest BCUT2D eigenvalue weighted by atomic mass is 9.93. The molecule has 0 radical (unpaired) electrons. The molecule has 1 unspecified atom stereocenters. The number of rotatable bonds is 6. The second-order valence-electron chi connectivity index (χ2n) is 10.7. The topological polar surface area (TPSA) is 94.0 Å². The van der Waals surface area contributed by atoms with Crippen LogP contribution in [-0.4, -0.2) is 66.7 Å². The number of allylic oxidation sites excluding steroid dienone is 1. The predicted octanol–water partition coefficient (Wildman–Crippen LogP) is 4.62. The highest BCUT2D eigenvalue weighted by Crippen LogP contribution is 2.38. The second-order valence-corrected chi connectivity index (χ2v) is 10.7. The molecule has 0 aromatic heterocycles. The van der Waals surface area contributed by atoms with Crippen molar-refractivity contribution in [2.75, 3.05) is 45.7 Å². The van der Waals surface area contributed by atoms with E-state index in [2.05, 4.69) is 15.5 Å². The maximum absolute atomic E-state index is 13.5. The SMILES string of the molecule is COc1ccc(C2NC(C)=C(C(=O)Nc3cccc(C(=O)N4CCN(C)CC4)c3)[N+]2=O)cc1-c1c(C)cccc1C. The largest absolute Gasteiger partial charge is 0.496 e. The quantitative estimate of drug-likeness (QED) is 0.432. The van der Waals surface area contributed by atoms with Crippen molar-refractivity contribution in [3.05, 3.63) is 99.2 Å². The van der Waals surface area contributed by atoms with E-state index in [-0.39, 0.29) is 11.6 Å². The molecule has 0 aliphatic carbocycles. The third kappa shape index (κ3) is 5.58. The smallest absolute Gasteiger partial charge is 0.342 e. The van der Waals surface area contributed by atoms with Gasteiger partial charge in [0.05, 0.1) is 17.6 Å². The van der Waals surface area contributed by atoms with Crippen molar-refractivity contribution in [3.63, 3.8) is 0 Å². The molecule has 2 N–H and O–H groups in total. The number of benzene rings is 3. The Labute approximate surface area is 240 Å². The number of nitrogens with zero attached hydrogens (tertiary/aromatic N) is 3. The van der Waals surface area contributed by atoms with Crippen molar-refractivity contribution in [2.45, 2.75) is 26.9 Å². The van der Waals surface area contributed by atoms with Gasteiger partial charge in [0.15, 0.2) is 0 Å². The molecular weight excluding hydrogens is 518 g/mol. The fourth-order valence-corrected chi connectivity index (χ4v) is 5.56. The highest BCUT2D eigenvalue weighted by Gasteiger charge is 2.45. The number of anilines is 1. The Bertz CT molecular complexity index is 1540. The number of likely N-dealkylation sites (N-methyl/N-ethyl adjacent to an activating group) is 1. The average Bonchev–Trinajstić information content (AvgIpc) is 3.26. The highest BCUT2D eigenvalue weighted by atomic mass is 16.5. The molecule has 2 aliphatic rings. The maximum Gasteiger partial charge on any atom is 0.342 e. The van der Waals surface area contributed by atoms with Gasteiger partial charge in [0.1, 0.15) is 5.75 Å². The van der Waals surface area contributed by atoms with Crippen LogP contribution in [0.4, 0.5) is 5.69 Å². The van der Waals surface area contributed by atoms with E-state index in [0.29, 0.717) is 46.1 Å². The fourth-order valence-electron chi connectivity index (χ4n) is 5.56. The monoisotopic (exact) mass is 554 g/mol. The molecule has 1 atom stereocenters. The van der Waals surface area contributed by atoms with Gasteiger partial charge in [0.2, 0.25) is 0 Å². The molecule has 0 bridgehead atoms. The van der Waals surface area contributed by atoms with Crippen molar-refractivity contribution in [1.29, 1.82) is 0 Å².